The lowest BCUT2D eigenvalue weighted by Crippen LogP contribution is -2.35. The molecular weight excluding hydrogens is 156 g/mol. The van der Waals surface area contributed by atoms with E-state index in [9.17, 15) is 0 Å². The fourth-order valence-corrected chi connectivity index (χ4v) is 5.62. The first kappa shape index (κ1) is 6.37. The average Bonchev–Trinajstić information content (AvgIpc) is 2.92. The molecular formula is C13H17+. The molecule has 68 valence electrons. The van der Waals surface area contributed by atoms with Crippen LogP contribution in [0.15, 0.2) is 0 Å². The summed E-state index contributed by atoms with van der Waals surface area (Å²) in [5.74, 6) is 10.5. The third-order valence-electron chi connectivity index (χ3n) is 5.91. The van der Waals surface area contributed by atoms with E-state index in [2.05, 4.69) is 5.92 Å². The van der Waals surface area contributed by atoms with Crippen molar-refractivity contribution in [2.75, 3.05) is 0 Å². The molecule has 0 heterocycles. The second-order valence-electron chi connectivity index (χ2n) is 6.38. The Kier molecular flexibility index (Phi) is 0.825. The molecule has 0 nitrogen and oxygen atoms in total. The van der Waals surface area contributed by atoms with Crippen LogP contribution in [0.4, 0.5) is 0 Å². The Morgan fingerprint density at radius 3 is 2.08 bits per heavy atom. The van der Waals surface area contributed by atoms with Gasteiger partial charge in [0.15, 0.2) is 0 Å². The highest BCUT2D eigenvalue weighted by Gasteiger charge is 2.80. The molecule has 0 aromatic carbocycles. The molecule has 0 N–H and O–H groups in total. The second-order valence-corrected chi connectivity index (χ2v) is 6.38. The van der Waals surface area contributed by atoms with Crippen LogP contribution in [-0.2, 0) is 0 Å². The zero-order valence-corrected chi connectivity index (χ0v) is 8.08. The van der Waals surface area contributed by atoms with Gasteiger partial charge in [0.25, 0.3) is 0 Å². The largest absolute Gasteiger partial charge is 0.108 e. The fraction of sp³-hybridized carbons (Fsp3) is 0.923. The van der Waals surface area contributed by atoms with Crippen LogP contribution in [0.3, 0.4) is 0 Å². The SMILES string of the molecule is C1CC1[C+]1C2CC3CC(C2)C2C1C32. The van der Waals surface area contributed by atoms with Gasteiger partial charge in [0.2, 0.25) is 0 Å². The van der Waals surface area contributed by atoms with Crippen LogP contribution in [0.25, 0.3) is 0 Å². The lowest BCUT2D eigenvalue weighted by molar-refractivity contribution is 0.141. The van der Waals surface area contributed by atoms with Gasteiger partial charge in [-0.3, -0.25) is 0 Å². The maximum absolute atomic E-state index is 2.11. The van der Waals surface area contributed by atoms with Crippen molar-refractivity contribution in [3.8, 4) is 0 Å². The first-order valence-electron chi connectivity index (χ1n) is 6.30. The van der Waals surface area contributed by atoms with Gasteiger partial charge in [-0.15, -0.1) is 0 Å². The summed E-state index contributed by atoms with van der Waals surface area (Å²) in [6, 6.07) is 0. The number of hydrogen-bond acceptors (Lipinski definition) is 0. The van der Waals surface area contributed by atoms with Crippen molar-refractivity contribution in [2.45, 2.75) is 32.1 Å². The maximum atomic E-state index is 2.11. The zero-order chi connectivity index (χ0) is 8.15. The molecule has 6 rings (SSSR count). The lowest BCUT2D eigenvalue weighted by Gasteiger charge is -2.37. The van der Waals surface area contributed by atoms with Crippen LogP contribution in [0, 0.1) is 47.3 Å². The zero-order valence-electron chi connectivity index (χ0n) is 8.08. The summed E-state index contributed by atoms with van der Waals surface area (Å²) in [4.78, 5) is 0. The van der Waals surface area contributed by atoms with Crippen LogP contribution >= 0.6 is 0 Å². The van der Waals surface area contributed by atoms with Crippen molar-refractivity contribution in [1.82, 2.24) is 0 Å². The smallest absolute Gasteiger partial charge is 0.0463 e. The van der Waals surface area contributed by atoms with E-state index in [0.29, 0.717) is 0 Å². The predicted molar refractivity (Wildman–Crippen MR) is 50.8 cm³/mol. The predicted octanol–water partition coefficient (Wildman–Crippen LogP) is 2.89. The third-order valence-corrected chi connectivity index (χ3v) is 5.91. The summed E-state index contributed by atoms with van der Waals surface area (Å²) >= 11 is 0. The maximum Gasteiger partial charge on any atom is 0.108 e. The summed E-state index contributed by atoms with van der Waals surface area (Å²) < 4.78 is 0. The molecule has 0 spiro atoms. The van der Waals surface area contributed by atoms with E-state index in [4.69, 9.17) is 0 Å². The van der Waals surface area contributed by atoms with E-state index in [1.54, 1.807) is 32.1 Å². The van der Waals surface area contributed by atoms with Crippen molar-refractivity contribution in [1.29, 1.82) is 0 Å². The summed E-state index contributed by atoms with van der Waals surface area (Å²) in [7, 11) is 0. The summed E-state index contributed by atoms with van der Waals surface area (Å²) in [5.41, 5.74) is 0. The fourth-order valence-electron chi connectivity index (χ4n) is 5.62. The Labute approximate surface area is 80.1 Å². The summed E-state index contributed by atoms with van der Waals surface area (Å²) in [5, 5.41) is 0. The van der Waals surface area contributed by atoms with Crippen LogP contribution < -0.4 is 0 Å². The first-order valence-corrected chi connectivity index (χ1v) is 6.30. The van der Waals surface area contributed by atoms with Crippen molar-refractivity contribution in [2.24, 2.45) is 41.4 Å². The highest BCUT2D eigenvalue weighted by atomic mass is 14.8. The molecule has 0 amide bonds. The van der Waals surface area contributed by atoms with Crippen molar-refractivity contribution < 1.29 is 0 Å². The molecule has 6 fully saturated rings. The normalized spacial score (nSPS) is 66.0. The molecule has 6 aliphatic carbocycles. The molecule has 0 aromatic heterocycles. The molecule has 0 radical (unpaired) electrons. The molecule has 6 saturated carbocycles. The van der Waals surface area contributed by atoms with Gasteiger partial charge in [-0.2, -0.15) is 0 Å². The van der Waals surface area contributed by atoms with E-state index >= 15 is 0 Å². The van der Waals surface area contributed by atoms with E-state index < -0.39 is 0 Å². The molecule has 4 bridgehead atoms. The Morgan fingerprint density at radius 2 is 1.46 bits per heavy atom. The Hall–Kier alpha value is -0.130. The van der Waals surface area contributed by atoms with E-state index in [1.807, 2.05) is 0 Å². The molecule has 0 saturated heterocycles. The van der Waals surface area contributed by atoms with Gasteiger partial charge >= 0.3 is 0 Å². The van der Waals surface area contributed by atoms with E-state index in [1.165, 1.54) is 29.6 Å². The average molecular weight is 173 g/mol. The van der Waals surface area contributed by atoms with Gasteiger partial charge in [0, 0.05) is 11.8 Å². The minimum absolute atomic E-state index is 1.14. The first-order chi connectivity index (χ1) is 6.43. The summed E-state index contributed by atoms with van der Waals surface area (Å²) in [6.07, 6.45) is 8.02. The Morgan fingerprint density at radius 1 is 0.769 bits per heavy atom. The Balaban J connectivity index is 1.60. The molecule has 0 aliphatic heterocycles. The van der Waals surface area contributed by atoms with E-state index in [0.717, 1.165) is 11.8 Å². The Bertz CT molecular complexity index is 258. The number of rotatable bonds is 1. The van der Waals surface area contributed by atoms with Crippen molar-refractivity contribution in [3.05, 3.63) is 5.92 Å². The lowest BCUT2D eigenvalue weighted by atomic mass is 9.61. The monoisotopic (exact) mass is 173 g/mol. The molecule has 0 heteroatoms. The van der Waals surface area contributed by atoms with Crippen LogP contribution in [0.5, 0.6) is 0 Å². The van der Waals surface area contributed by atoms with Crippen molar-refractivity contribution >= 4 is 0 Å². The second kappa shape index (κ2) is 1.68. The van der Waals surface area contributed by atoms with Gasteiger partial charge in [-0.05, 0) is 43.9 Å². The van der Waals surface area contributed by atoms with Gasteiger partial charge < -0.3 is 0 Å². The quantitative estimate of drug-likeness (QED) is 0.535. The van der Waals surface area contributed by atoms with Crippen LogP contribution in [0.2, 0.25) is 0 Å². The van der Waals surface area contributed by atoms with Gasteiger partial charge in [-0.1, -0.05) is 0 Å². The molecule has 4 unspecified atom stereocenters. The third kappa shape index (κ3) is 0.574. The van der Waals surface area contributed by atoms with Crippen molar-refractivity contribution in [3.63, 3.8) is 0 Å². The topological polar surface area (TPSA) is 0 Å². The number of hydrogen-bond donors (Lipinski definition) is 0. The minimum atomic E-state index is 1.14. The molecule has 13 heavy (non-hydrogen) atoms. The van der Waals surface area contributed by atoms with Gasteiger partial charge in [-0.25, -0.2) is 0 Å². The summed E-state index contributed by atoms with van der Waals surface area (Å²) in [6.45, 7) is 0. The minimum Gasteiger partial charge on any atom is -0.0463 e. The van der Waals surface area contributed by atoms with Gasteiger partial charge in [0.1, 0.15) is 23.7 Å². The van der Waals surface area contributed by atoms with Gasteiger partial charge in [0.05, 0.1) is 0 Å². The van der Waals surface area contributed by atoms with E-state index in [-0.39, 0.29) is 0 Å². The standard InChI is InChI=1S/C13H17/c1-2-6(1)10-7-3-8-5-9(4-7)12-11(8)13(10)12/h6-9,11-13H,1-5H2/q+1. The molecule has 6 aliphatic rings. The molecule has 0 aromatic rings. The molecule has 4 atom stereocenters. The van der Waals surface area contributed by atoms with Crippen LogP contribution in [-0.4, -0.2) is 0 Å². The van der Waals surface area contributed by atoms with Crippen LogP contribution in [0.1, 0.15) is 32.1 Å². The highest BCUT2D eigenvalue weighted by molar-refractivity contribution is 5.32. The highest BCUT2D eigenvalue weighted by Crippen LogP contribution is 2.79.